The number of pyridine rings is 1. The monoisotopic (exact) mass is 546 g/mol. The smallest absolute Gasteiger partial charge is 0.229 e. The molecular weight excluding hydrogens is 510 g/mol. The predicted octanol–water partition coefficient (Wildman–Crippen LogP) is 5.89. The van der Waals surface area contributed by atoms with E-state index in [-0.39, 0.29) is 29.2 Å². The summed E-state index contributed by atoms with van der Waals surface area (Å²) in [5.74, 6) is 1.03. The number of imidazole rings is 1. The van der Waals surface area contributed by atoms with E-state index in [2.05, 4.69) is 55.0 Å². The van der Waals surface area contributed by atoms with Gasteiger partial charge in [0.1, 0.15) is 22.9 Å². The molecule has 0 aliphatic carbocycles. The maximum absolute atomic E-state index is 15.0. The topological polar surface area (TPSA) is 75.0 Å². The number of piperidine rings is 1. The number of rotatable bonds is 7. The third-order valence-corrected chi connectivity index (χ3v) is 8.47. The summed E-state index contributed by atoms with van der Waals surface area (Å²) in [6, 6.07) is 7.95. The number of halogens is 2. The Kier molecular flexibility index (Phi) is 7.00. The Morgan fingerprint density at radius 2 is 1.82 bits per heavy atom. The molecule has 0 saturated carbocycles. The van der Waals surface area contributed by atoms with Crippen LogP contribution in [0.15, 0.2) is 36.7 Å². The van der Waals surface area contributed by atoms with Crippen molar-refractivity contribution in [1.82, 2.24) is 34.3 Å². The second-order valence-electron chi connectivity index (χ2n) is 11.4. The van der Waals surface area contributed by atoms with Crippen molar-refractivity contribution >= 4 is 22.8 Å². The van der Waals surface area contributed by atoms with Crippen LogP contribution in [-0.2, 0) is 0 Å². The van der Waals surface area contributed by atoms with Crippen molar-refractivity contribution in [2.45, 2.75) is 59.2 Å². The minimum absolute atomic E-state index is 0.0125. The Morgan fingerprint density at radius 3 is 2.55 bits per heavy atom. The first-order chi connectivity index (χ1) is 19.2. The Bertz CT molecular complexity index is 1530. The average Bonchev–Trinajstić information content (AvgIpc) is 3.43. The predicted molar refractivity (Wildman–Crippen MR) is 152 cm³/mol. The van der Waals surface area contributed by atoms with Crippen molar-refractivity contribution in [3.8, 4) is 11.3 Å². The van der Waals surface area contributed by atoms with E-state index in [1.807, 2.05) is 37.6 Å². The third-order valence-electron chi connectivity index (χ3n) is 8.47. The van der Waals surface area contributed by atoms with Crippen LogP contribution in [0.5, 0.6) is 0 Å². The Labute approximate surface area is 233 Å². The van der Waals surface area contributed by atoms with Crippen LogP contribution in [-0.4, -0.2) is 66.5 Å². The third kappa shape index (κ3) is 4.83. The van der Waals surface area contributed by atoms with Crippen LogP contribution in [0.3, 0.4) is 0 Å². The molecule has 3 unspecified atom stereocenters. The van der Waals surface area contributed by atoms with E-state index in [0.29, 0.717) is 28.8 Å². The number of aromatic nitrogens is 5. The van der Waals surface area contributed by atoms with Crippen molar-refractivity contribution in [1.29, 1.82) is 0 Å². The summed E-state index contributed by atoms with van der Waals surface area (Å²) in [5.41, 5.74) is 2.35. The number of hydrogen-bond acceptors (Lipinski definition) is 7. The number of likely N-dealkylation sites (tertiary alicyclic amines) is 2. The molecule has 0 spiro atoms. The Morgan fingerprint density at radius 1 is 1.00 bits per heavy atom. The molecule has 1 aromatic carbocycles. The van der Waals surface area contributed by atoms with Gasteiger partial charge in [-0.2, -0.15) is 0 Å². The molecule has 10 heteroatoms. The lowest BCUT2D eigenvalue weighted by Gasteiger charge is -2.37. The van der Waals surface area contributed by atoms with Gasteiger partial charge in [0.2, 0.25) is 5.95 Å². The largest absolute Gasteiger partial charge is 0.326 e. The number of fused-ring (bicyclic) bond motifs is 3. The minimum atomic E-state index is -0.633. The molecule has 5 heterocycles. The first kappa shape index (κ1) is 26.7. The molecule has 6 rings (SSSR count). The number of anilines is 2. The normalized spacial score (nSPS) is 20.5. The van der Waals surface area contributed by atoms with E-state index in [0.717, 1.165) is 37.3 Å². The van der Waals surface area contributed by atoms with Gasteiger partial charge in [0.25, 0.3) is 0 Å². The van der Waals surface area contributed by atoms with Gasteiger partial charge in [0.05, 0.1) is 11.7 Å². The first-order valence-electron chi connectivity index (χ1n) is 14.1. The molecule has 4 aromatic rings. The lowest BCUT2D eigenvalue weighted by atomic mass is 9.97. The van der Waals surface area contributed by atoms with Gasteiger partial charge in [-0.3, -0.25) is 9.80 Å². The number of benzene rings is 1. The lowest BCUT2D eigenvalue weighted by Crippen LogP contribution is -2.43. The van der Waals surface area contributed by atoms with E-state index < -0.39 is 11.6 Å². The van der Waals surface area contributed by atoms with Gasteiger partial charge in [-0.15, -0.1) is 0 Å². The van der Waals surface area contributed by atoms with E-state index in [9.17, 15) is 4.39 Å². The minimum Gasteiger partial charge on any atom is -0.326 e. The van der Waals surface area contributed by atoms with Gasteiger partial charge in [0.15, 0.2) is 11.6 Å². The molecule has 2 bridgehead atoms. The highest BCUT2D eigenvalue weighted by atomic mass is 19.1. The van der Waals surface area contributed by atoms with Crippen LogP contribution in [0.25, 0.3) is 22.3 Å². The second kappa shape index (κ2) is 10.5. The van der Waals surface area contributed by atoms with Gasteiger partial charge >= 0.3 is 0 Å². The summed E-state index contributed by atoms with van der Waals surface area (Å²) >= 11 is 0. The van der Waals surface area contributed by atoms with Crippen molar-refractivity contribution in [2.75, 3.05) is 31.5 Å². The van der Waals surface area contributed by atoms with Gasteiger partial charge in [0, 0.05) is 49.5 Å². The van der Waals surface area contributed by atoms with E-state index in [1.54, 1.807) is 6.07 Å². The van der Waals surface area contributed by atoms with Crippen molar-refractivity contribution in [3.63, 3.8) is 0 Å². The van der Waals surface area contributed by atoms with E-state index in [4.69, 9.17) is 0 Å². The van der Waals surface area contributed by atoms with E-state index >= 15 is 4.39 Å². The number of nitrogens with zero attached hydrogens (tertiary/aromatic N) is 7. The zero-order valence-electron chi connectivity index (χ0n) is 23.7. The number of nitrogens with one attached hydrogen (secondary N) is 1. The highest BCUT2D eigenvalue weighted by Crippen LogP contribution is 2.34. The van der Waals surface area contributed by atoms with Gasteiger partial charge < -0.3 is 9.88 Å². The summed E-state index contributed by atoms with van der Waals surface area (Å²) < 4.78 is 31.8. The second-order valence-corrected chi connectivity index (χ2v) is 11.4. The molecule has 2 aliphatic rings. The highest BCUT2D eigenvalue weighted by molar-refractivity contribution is 5.83. The summed E-state index contributed by atoms with van der Waals surface area (Å²) in [6.07, 6.45) is 4.28. The summed E-state index contributed by atoms with van der Waals surface area (Å²) in [6.45, 7) is 14.8. The zero-order chi connectivity index (χ0) is 28.1. The van der Waals surface area contributed by atoms with Crippen molar-refractivity contribution in [3.05, 3.63) is 59.7 Å². The maximum Gasteiger partial charge on any atom is 0.229 e. The van der Waals surface area contributed by atoms with Crippen LogP contribution < -0.4 is 5.32 Å². The summed E-state index contributed by atoms with van der Waals surface area (Å²) in [4.78, 5) is 22.6. The summed E-state index contributed by atoms with van der Waals surface area (Å²) in [7, 11) is 0. The lowest BCUT2D eigenvalue weighted by molar-refractivity contribution is 0.127. The Hall–Kier alpha value is -3.50. The number of hydrogen-bond donors (Lipinski definition) is 1. The van der Waals surface area contributed by atoms with Crippen LogP contribution in [0.4, 0.5) is 20.5 Å². The molecule has 2 saturated heterocycles. The van der Waals surface area contributed by atoms with Gasteiger partial charge in [-0.1, -0.05) is 13.0 Å². The number of likely N-dealkylation sites (N-methyl/N-ethyl adjacent to an activating group) is 1. The Balaban J connectivity index is 1.21. The molecule has 3 aromatic heterocycles. The van der Waals surface area contributed by atoms with Gasteiger partial charge in [-0.25, -0.2) is 28.7 Å². The zero-order valence-corrected chi connectivity index (χ0v) is 23.7. The molecule has 0 radical (unpaired) electrons. The fourth-order valence-corrected chi connectivity index (χ4v) is 6.53. The van der Waals surface area contributed by atoms with Gasteiger partial charge in [-0.05, 0) is 70.3 Å². The molecule has 40 heavy (non-hydrogen) atoms. The highest BCUT2D eigenvalue weighted by Gasteiger charge is 2.39. The van der Waals surface area contributed by atoms with Crippen LogP contribution in [0.2, 0.25) is 0 Å². The molecule has 1 N–H and O–H groups in total. The molecule has 3 atom stereocenters. The van der Waals surface area contributed by atoms with Crippen molar-refractivity contribution < 1.29 is 8.78 Å². The SMILES string of the molecule is CCN1CC2CC1CN(C(C)c1ccc(Nc3ncc(F)c(-c4cc(F)c5nc(C)n(C(C)C)c5c4)n3)nc1)C2. The molecular formula is C30H36F2N8. The van der Waals surface area contributed by atoms with E-state index in [1.165, 1.54) is 19.0 Å². The average molecular weight is 547 g/mol. The quantitative estimate of drug-likeness (QED) is 0.310. The standard InChI is InChI=1S/C30H36F2N8/c1-6-38-14-20-9-23(38)16-39(15-20)18(4)21-7-8-27(33-12-21)36-30-34-13-25(32)28(37-30)22-10-24(31)29-26(11-22)40(17(2)3)19(5)35-29/h7-8,10-13,17-18,20,23H,6,9,14-16H2,1-5H3,(H,33,34,36,37). The van der Waals surface area contributed by atoms with Crippen LogP contribution >= 0.6 is 0 Å². The molecule has 210 valence electrons. The first-order valence-corrected chi connectivity index (χ1v) is 14.1. The molecule has 2 aliphatic heterocycles. The fourth-order valence-electron chi connectivity index (χ4n) is 6.53. The van der Waals surface area contributed by atoms with Crippen LogP contribution in [0, 0.1) is 24.5 Å². The van der Waals surface area contributed by atoms with Crippen molar-refractivity contribution in [2.24, 2.45) is 5.92 Å². The summed E-state index contributed by atoms with van der Waals surface area (Å²) in [5, 5.41) is 3.08. The van der Waals surface area contributed by atoms with Crippen LogP contribution in [0.1, 0.15) is 57.6 Å². The molecule has 8 nitrogen and oxygen atoms in total. The number of aryl methyl sites for hydroxylation is 1. The fraction of sp³-hybridized carbons (Fsp3) is 0.467. The molecule has 0 amide bonds. The molecule has 2 fully saturated rings. The maximum atomic E-state index is 15.0.